The smallest absolute Gasteiger partial charge is 0.121 e. The summed E-state index contributed by atoms with van der Waals surface area (Å²) in [6.07, 6.45) is -0.0759. The van der Waals surface area contributed by atoms with Gasteiger partial charge in [0.25, 0.3) is 0 Å². The van der Waals surface area contributed by atoms with E-state index in [4.69, 9.17) is 27.9 Å². The van der Waals surface area contributed by atoms with Crippen LogP contribution < -0.4 is 5.32 Å². The van der Waals surface area contributed by atoms with Crippen molar-refractivity contribution in [2.24, 2.45) is 0 Å². The van der Waals surface area contributed by atoms with E-state index in [9.17, 15) is 5.11 Å². The number of halogens is 2. The summed E-state index contributed by atoms with van der Waals surface area (Å²) in [6, 6.07) is 14.9. The molecular formula is C18H19Cl2NO2. The lowest BCUT2D eigenvalue weighted by molar-refractivity contribution is -0.124. The zero-order chi connectivity index (χ0) is 16.3. The van der Waals surface area contributed by atoms with Crippen LogP contribution in [0.5, 0.6) is 0 Å². The van der Waals surface area contributed by atoms with E-state index in [1.54, 1.807) is 18.2 Å². The number of aliphatic hydroxyl groups is 1. The fourth-order valence-electron chi connectivity index (χ4n) is 2.97. The average molecular weight is 352 g/mol. The van der Waals surface area contributed by atoms with Crippen LogP contribution >= 0.6 is 23.2 Å². The Kier molecular flexibility index (Phi) is 5.24. The minimum Gasteiger partial charge on any atom is -0.382 e. The first kappa shape index (κ1) is 16.7. The Hall–Kier alpha value is -1.10. The van der Waals surface area contributed by atoms with Crippen LogP contribution in [-0.4, -0.2) is 30.9 Å². The quantitative estimate of drug-likeness (QED) is 0.886. The highest BCUT2D eigenvalue weighted by atomic mass is 35.5. The normalized spacial score (nSPS) is 20.9. The summed E-state index contributed by atoms with van der Waals surface area (Å²) in [5.74, 6) is 0. The molecule has 0 amide bonds. The van der Waals surface area contributed by atoms with Crippen LogP contribution in [0, 0.1) is 0 Å². The molecule has 2 aromatic rings. The van der Waals surface area contributed by atoms with Gasteiger partial charge in [-0.05, 0) is 23.3 Å². The predicted octanol–water partition coefficient (Wildman–Crippen LogP) is 3.41. The Labute approximate surface area is 146 Å². The van der Waals surface area contributed by atoms with Crippen molar-refractivity contribution in [2.75, 3.05) is 19.7 Å². The minimum atomic E-state index is -1.21. The van der Waals surface area contributed by atoms with Crippen molar-refractivity contribution in [1.82, 2.24) is 5.32 Å². The lowest BCUT2D eigenvalue weighted by atomic mass is 9.82. The van der Waals surface area contributed by atoms with E-state index < -0.39 is 5.60 Å². The molecule has 122 valence electrons. The zero-order valence-corrected chi connectivity index (χ0v) is 14.1. The molecule has 0 aromatic heterocycles. The summed E-state index contributed by atoms with van der Waals surface area (Å²) in [5.41, 5.74) is 0.324. The summed E-state index contributed by atoms with van der Waals surface area (Å²) in [6.45, 7) is 1.93. The molecule has 0 spiro atoms. The van der Waals surface area contributed by atoms with Gasteiger partial charge in [0.2, 0.25) is 0 Å². The van der Waals surface area contributed by atoms with Gasteiger partial charge in [0.05, 0.1) is 6.61 Å². The van der Waals surface area contributed by atoms with Crippen molar-refractivity contribution in [1.29, 1.82) is 0 Å². The van der Waals surface area contributed by atoms with E-state index in [-0.39, 0.29) is 6.10 Å². The highest BCUT2D eigenvalue weighted by Crippen LogP contribution is 2.36. The molecule has 0 bridgehead atoms. The van der Waals surface area contributed by atoms with E-state index in [2.05, 4.69) is 5.32 Å². The number of hydrogen-bond acceptors (Lipinski definition) is 3. The predicted molar refractivity (Wildman–Crippen MR) is 93.1 cm³/mol. The Balaban J connectivity index is 2.01. The number of nitrogens with one attached hydrogen (secondary N) is 1. The molecule has 1 fully saturated rings. The van der Waals surface area contributed by atoms with Gasteiger partial charge in [-0.2, -0.15) is 0 Å². The summed E-state index contributed by atoms with van der Waals surface area (Å²) in [4.78, 5) is 0. The lowest BCUT2D eigenvalue weighted by Crippen LogP contribution is -2.52. The standard InChI is InChI=1S/C18H19Cl2NO2/c19-15-7-4-8-16(20)14(15)11-18(22,13-5-2-1-3-6-13)17-12-21-9-10-23-17/h1-8,17,21-22H,9-12H2/t17?,18-/m1/s1. The van der Waals surface area contributed by atoms with Gasteiger partial charge in [-0.3, -0.25) is 0 Å². The maximum atomic E-state index is 11.5. The van der Waals surface area contributed by atoms with Crippen molar-refractivity contribution in [3.63, 3.8) is 0 Å². The largest absolute Gasteiger partial charge is 0.382 e. The molecule has 1 unspecified atom stereocenters. The average Bonchev–Trinajstić information content (AvgIpc) is 2.60. The lowest BCUT2D eigenvalue weighted by Gasteiger charge is -2.39. The van der Waals surface area contributed by atoms with Gasteiger partial charge in [-0.25, -0.2) is 0 Å². The number of benzene rings is 2. The second-order valence-corrected chi connectivity index (χ2v) is 6.55. The SMILES string of the molecule is O[C@](Cc1c(Cl)cccc1Cl)(c1ccccc1)C1CNCCO1. The van der Waals surface area contributed by atoms with Gasteiger partial charge >= 0.3 is 0 Å². The fourth-order valence-corrected chi connectivity index (χ4v) is 3.50. The molecule has 5 heteroatoms. The Morgan fingerprint density at radius 2 is 1.78 bits per heavy atom. The van der Waals surface area contributed by atoms with Crippen LogP contribution in [0.3, 0.4) is 0 Å². The van der Waals surface area contributed by atoms with Crippen molar-refractivity contribution in [3.05, 3.63) is 69.7 Å². The molecule has 2 atom stereocenters. The topological polar surface area (TPSA) is 41.5 Å². The molecular weight excluding hydrogens is 333 g/mol. The molecule has 1 heterocycles. The molecule has 3 rings (SSSR count). The van der Waals surface area contributed by atoms with Crippen LogP contribution in [0.25, 0.3) is 0 Å². The van der Waals surface area contributed by atoms with Crippen LogP contribution in [0.2, 0.25) is 10.0 Å². The van der Waals surface area contributed by atoms with E-state index in [1.165, 1.54) is 0 Å². The first-order valence-corrected chi connectivity index (χ1v) is 8.40. The maximum Gasteiger partial charge on any atom is 0.121 e. The molecule has 23 heavy (non-hydrogen) atoms. The molecule has 0 saturated carbocycles. The van der Waals surface area contributed by atoms with Gasteiger partial charge in [0, 0.05) is 29.6 Å². The fraction of sp³-hybridized carbons (Fsp3) is 0.333. The van der Waals surface area contributed by atoms with E-state index in [0.717, 1.165) is 17.7 Å². The minimum absolute atomic E-state index is 0.294. The van der Waals surface area contributed by atoms with Crippen LogP contribution in [0.4, 0.5) is 0 Å². The summed E-state index contributed by atoms with van der Waals surface area (Å²) in [5, 5.41) is 15.9. The number of rotatable bonds is 4. The third-order valence-corrected chi connectivity index (χ3v) is 4.95. The summed E-state index contributed by atoms with van der Waals surface area (Å²) >= 11 is 12.6. The second kappa shape index (κ2) is 7.20. The molecule has 0 aliphatic carbocycles. The van der Waals surface area contributed by atoms with Crippen molar-refractivity contribution < 1.29 is 9.84 Å². The molecule has 0 radical (unpaired) electrons. The third-order valence-electron chi connectivity index (χ3n) is 4.24. The van der Waals surface area contributed by atoms with E-state index in [0.29, 0.717) is 29.6 Å². The first-order chi connectivity index (χ1) is 11.1. The Morgan fingerprint density at radius 1 is 1.09 bits per heavy atom. The second-order valence-electron chi connectivity index (χ2n) is 5.73. The molecule has 1 aliphatic heterocycles. The van der Waals surface area contributed by atoms with Crippen molar-refractivity contribution in [3.8, 4) is 0 Å². The van der Waals surface area contributed by atoms with Crippen LogP contribution in [0.1, 0.15) is 11.1 Å². The third kappa shape index (κ3) is 3.54. The van der Waals surface area contributed by atoms with Gasteiger partial charge < -0.3 is 15.2 Å². The van der Waals surface area contributed by atoms with E-state index in [1.807, 2.05) is 30.3 Å². The maximum absolute atomic E-state index is 11.5. The van der Waals surface area contributed by atoms with Gasteiger partial charge in [-0.1, -0.05) is 59.6 Å². The summed E-state index contributed by atoms with van der Waals surface area (Å²) in [7, 11) is 0. The highest BCUT2D eigenvalue weighted by Gasteiger charge is 2.41. The van der Waals surface area contributed by atoms with Crippen molar-refractivity contribution in [2.45, 2.75) is 18.1 Å². The molecule has 2 aromatic carbocycles. The first-order valence-electron chi connectivity index (χ1n) is 7.64. The van der Waals surface area contributed by atoms with Gasteiger partial charge in [0.15, 0.2) is 0 Å². The zero-order valence-electron chi connectivity index (χ0n) is 12.6. The van der Waals surface area contributed by atoms with Crippen LogP contribution in [-0.2, 0) is 16.8 Å². The molecule has 1 saturated heterocycles. The Morgan fingerprint density at radius 3 is 2.39 bits per heavy atom. The monoisotopic (exact) mass is 351 g/mol. The van der Waals surface area contributed by atoms with Crippen molar-refractivity contribution >= 4 is 23.2 Å². The molecule has 2 N–H and O–H groups in total. The van der Waals surface area contributed by atoms with Crippen LogP contribution in [0.15, 0.2) is 48.5 Å². The van der Waals surface area contributed by atoms with E-state index >= 15 is 0 Å². The highest BCUT2D eigenvalue weighted by molar-refractivity contribution is 6.36. The van der Waals surface area contributed by atoms with Gasteiger partial charge in [0.1, 0.15) is 11.7 Å². The van der Waals surface area contributed by atoms with Gasteiger partial charge in [-0.15, -0.1) is 0 Å². The summed E-state index contributed by atoms with van der Waals surface area (Å²) < 4.78 is 5.85. The Bertz CT molecular complexity index is 639. The number of hydrogen-bond donors (Lipinski definition) is 2. The number of ether oxygens (including phenoxy) is 1. The molecule has 1 aliphatic rings. The number of morpholine rings is 1. The molecule has 3 nitrogen and oxygen atoms in total.